The molecule has 1 saturated heterocycles. The van der Waals surface area contributed by atoms with Gasteiger partial charge in [0, 0.05) is 77.6 Å². The van der Waals surface area contributed by atoms with Crippen LogP contribution in [0.25, 0.3) is 0 Å². The fraction of sp³-hybridized carbons (Fsp3) is 0.852. The van der Waals surface area contributed by atoms with E-state index in [1.54, 1.807) is 0 Å². The Bertz CT molecular complexity index is 769. The molecule has 0 spiro atoms. The number of carbonyl (C=O) groups is 4. The molecule has 1 atom stereocenters. The van der Waals surface area contributed by atoms with E-state index in [0.29, 0.717) is 104 Å². The molecule has 1 aliphatic rings. The van der Waals surface area contributed by atoms with Crippen molar-refractivity contribution in [3.05, 3.63) is 0 Å². The van der Waals surface area contributed by atoms with Gasteiger partial charge < -0.3 is 40.3 Å². The van der Waals surface area contributed by atoms with Gasteiger partial charge in [-0.3, -0.25) is 33.9 Å². The third-order valence-corrected chi connectivity index (χ3v) is 10.1. The van der Waals surface area contributed by atoms with Crippen LogP contribution < -0.4 is 27.0 Å². The average molecular weight is 633 g/mol. The van der Waals surface area contributed by atoms with Gasteiger partial charge in [0.15, 0.2) is 0 Å². The van der Waals surface area contributed by atoms with Crippen LogP contribution in [0.3, 0.4) is 0 Å². The number of nitrogens with one attached hydrogen (secondary N) is 4. The standard InChI is InChI=1S/C27H56N8O7Si/c1-4-40-43(41-5-2,42-6-3)17-8-11-32-27(39)18-25-19-35(20-26(28)38)14-9-13-34(22-30-24-37)16-15-33(21-29-23-36)12-7-10-31-25/h23-25,31H,4-22H2,1-3H3,(H2,28,38)(H,29,36)(H,30,37)(H,32,39). The number of nitrogens with two attached hydrogens (primary N) is 1. The molecule has 6 N–H and O–H groups in total. The third-order valence-electron chi connectivity index (χ3n) is 6.93. The molecule has 1 aliphatic heterocycles. The fourth-order valence-electron chi connectivity index (χ4n) is 5.08. The first-order valence-corrected chi connectivity index (χ1v) is 17.5. The van der Waals surface area contributed by atoms with Gasteiger partial charge >= 0.3 is 8.80 Å². The van der Waals surface area contributed by atoms with E-state index in [-0.39, 0.29) is 24.9 Å². The van der Waals surface area contributed by atoms with Crippen LogP contribution in [-0.4, -0.2) is 146 Å². The zero-order valence-corrected chi connectivity index (χ0v) is 27.4. The van der Waals surface area contributed by atoms with E-state index in [4.69, 9.17) is 19.0 Å². The van der Waals surface area contributed by atoms with Crippen LogP contribution in [0.2, 0.25) is 6.04 Å². The summed E-state index contributed by atoms with van der Waals surface area (Å²) in [6.07, 6.45) is 3.80. The molecule has 0 bridgehead atoms. The quantitative estimate of drug-likeness (QED) is 0.0598. The van der Waals surface area contributed by atoms with Crippen molar-refractivity contribution in [3.63, 3.8) is 0 Å². The lowest BCUT2D eigenvalue weighted by atomic mass is 10.1. The number of hydrogen-bond donors (Lipinski definition) is 5. The van der Waals surface area contributed by atoms with Gasteiger partial charge in [0.2, 0.25) is 24.6 Å². The second-order valence-electron chi connectivity index (χ2n) is 10.4. The maximum absolute atomic E-state index is 13.0. The molecule has 0 saturated carbocycles. The summed E-state index contributed by atoms with van der Waals surface area (Å²) in [5.74, 6) is -0.510. The van der Waals surface area contributed by atoms with E-state index in [9.17, 15) is 19.2 Å². The summed E-state index contributed by atoms with van der Waals surface area (Å²) in [5, 5.41) is 12.0. The number of amides is 4. The first-order valence-electron chi connectivity index (χ1n) is 15.5. The van der Waals surface area contributed by atoms with Crippen LogP contribution in [0.4, 0.5) is 0 Å². The van der Waals surface area contributed by atoms with Crippen molar-refractivity contribution in [3.8, 4) is 0 Å². The smallest absolute Gasteiger partial charge is 0.374 e. The van der Waals surface area contributed by atoms with Crippen LogP contribution in [0.1, 0.15) is 46.5 Å². The first kappa shape index (κ1) is 38.8. The van der Waals surface area contributed by atoms with E-state index in [0.717, 1.165) is 19.4 Å². The summed E-state index contributed by atoms with van der Waals surface area (Å²) in [7, 11) is -2.77. The third kappa shape index (κ3) is 18.3. The van der Waals surface area contributed by atoms with Crippen molar-refractivity contribution in [1.82, 2.24) is 36.0 Å². The molecular weight excluding hydrogens is 576 g/mol. The van der Waals surface area contributed by atoms with Crippen LogP contribution in [0, 0.1) is 0 Å². The molecule has 0 radical (unpaired) electrons. The van der Waals surface area contributed by atoms with Gasteiger partial charge in [-0.2, -0.15) is 0 Å². The Hall–Kier alpha value is -2.18. The summed E-state index contributed by atoms with van der Waals surface area (Å²) < 4.78 is 17.7. The monoisotopic (exact) mass is 632 g/mol. The Morgan fingerprint density at radius 2 is 1.44 bits per heavy atom. The molecule has 43 heavy (non-hydrogen) atoms. The van der Waals surface area contributed by atoms with Crippen LogP contribution >= 0.6 is 0 Å². The van der Waals surface area contributed by atoms with Gasteiger partial charge in [-0.1, -0.05) is 0 Å². The topological polar surface area (TPSA) is 180 Å². The predicted molar refractivity (Wildman–Crippen MR) is 166 cm³/mol. The molecule has 1 unspecified atom stereocenters. The minimum absolute atomic E-state index is 0.0861. The summed E-state index contributed by atoms with van der Waals surface area (Å²) >= 11 is 0. The Kier molecular flexibility index (Phi) is 21.8. The fourth-order valence-corrected chi connectivity index (χ4v) is 7.69. The second-order valence-corrected chi connectivity index (χ2v) is 13.1. The molecule has 1 fully saturated rings. The first-order chi connectivity index (χ1) is 20.8. The van der Waals surface area contributed by atoms with Crippen LogP contribution in [0.15, 0.2) is 0 Å². The lowest BCUT2D eigenvalue weighted by Crippen LogP contribution is -2.49. The second kappa shape index (κ2) is 24.2. The molecule has 15 nitrogen and oxygen atoms in total. The normalized spacial score (nSPS) is 18.8. The van der Waals surface area contributed by atoms with Gasteiger partial charge in [-0.25, -0.2) is 0 Å². The van der Waals surface area contributed by atoms with Gasteiger partial charge in [-0.05, 0) is 53.1 Å². The number of nitrogens with zero attached hydrogens (tertiary/aromatic N) is 3. The lowest BCUT2D eigenvalue weighted by Gasteiger charge is -2.31. The number of carbonyl (C=O) groups excluding carboxylic acids is 4. The lowest BCUT2D eigenvalue weighted by molar-refractivity contribution is -0.121. The van der Waals surface area contributed by atoms with Gasteiger partial charge in [0.05, 0.1) is 19.9 Å². The van der Waals surface area contributed by atoms with E-state index < -0.39 is 14.7 Å². The molecule has 0 aromatic heterocycles. The molecule has 1 heterocycles. The zero-order valence-electron chi connectivity index (χ0n) is 26.4. The number of rotatable bonds is 20. The van der Waals surface area contributed by atoms with Crippen molar-refractivity contribution < 1.29 is 32.5 Å². The largest absolute Gasteiger partial charge is 0.500 e. The molecule has 0 aromatic rings. The van der Waals surface area contributed by atoms with Crippen molar-refractivity contribution in [1.29, 1.82) is 0 Å². The van der Waals surface area contributed by atoms with Crippen molar-refractivity contribution >= 4 is 33.4 Å². The molecule has 0 aromatic carbocycles. The van der Waals surface area contributed by atoms with Crippen LogP contribution in [-0.2, 0) is 32.5 Å². The Labute approximate surface area is 258 Å². The van der Waals surface area contributed by atoms with Crippen molar-refractivity contribution in [2.75, 3.05) is 92.1 Å². The minimum Gasteiger partial charge on any atom is -0.374 e. The van der Waals surface area contributed by atoms with Gasteiger partial charge in [0.1, 0.15) is 0 Å². The highest BCUT2D eigenvalue weighted by molar-refractivity contribution is 6.60. The van der Waals surface area contributed by atoms with Gasteiger partial charge in [-0.15, -0.1) is 0 Å². The van der Waals surface area contributed by atoms with E-state index >= 15 is 0 Å². The average Bonchev–Trinajstić information content (AvgIpc) is 2.96. The Morgan fingerprint density at radius 1 is 0.884 bits per heavy atom. The van der Waals surface area contributed by atoms with Crippen molar-refractivity contribution in [2.45, 2.75) is 58.5 Å². The Balaban J connectivity index is 2.85. The molecule has 0 aliphatic carbocycles. The maximum atomic E-state index is 13.0. The van der Waals surface area contributed by atoms with E-state index in [1.165, 1.54) is 0 Å². The molecule has 1 rings (SSSR count). The molecular formula is C27H56N8O7Si. The predicted octanol–water partition coefficient (Wildman–Crippen LogP) is -1.52. The Morgan fingerprint density at radius 3 is 1.98 bits per heavy atom. The maximum Gasteiger partial charge on any atom is 0.500 e. The highest BCUT2D eigenvalue weighted by Gasteiger charge is 2.39. The summed E-state index contributed by atoms with van der Waals surface area (Å²) in [4.78, 5) is 52.9. The highest BCUT2D eigenvalue weighted by Crippen LogP contribution is 2.17. The van der Waals surface area contributed by atoms with Gasteiger partial charge in [0.25, 0.3) is 0 Å². The summed E-state index contributed by atoms with van der Waals surface area (Å²) in [6, 6.07) is 0.423. The zero-order chi connectivity index (χ0) is 31.8. The molecule has 4 amide bonds. The number of hydrogen-bond acceptors (Lipinski definition) is 11. The minimum atomic E-state index is -2.77. The SMILES string of the molecule is CCO[Si](CCCNC(=O)CC1CN(CC(N)=O)CCCN(CNC=O)CCN(CNC=O)CCCN1)(OCC)OCC. The molecule has 16 heteroatoms. The summed E-state index contributed by atoms with van der Waals surface area (Å²) in [6.45, 7) is 13.3. The number of primary amides is 1. The van der Waals surface area contributed by atoms with E-state index in [2.05, 4.69) is 31.1 Å². The highest BCUT2D eigenvalue weighted by atomic mass is 28.4. The van der Waals surface area contributed by atoms with Crippen molar-refractivity contribution in [2.24, 2.45) is 5.73 Å². The van der Waals surface area contributed by atoms with E-state index in [1.807, 2.05) is 25.7 Å². The molecule has 250 valence electrons. The summed E-state index contributed by atoms with van der Waals surface area (Å²) in [5.41, 5.74) is 5.56. The van der Waals surface area contributed by atoms with Crippen LogP contribution in [0.5, 0.6) is 0 Å².